The van der Waals surface area contributed by atoms with E-state index in [1.165, 1.54) is 23.3 Å². The molecule has 1 aliphatic rings. The molecule has 0 aromatic heterocycles. The molecule has 0 atom stereocenters. The van der Waals surface area contributed by atoms with E-state index >= 15 is 0 Å². The Kier molecular flexibility index (Phi) is 87.5. The number of fused-ring (bicyclic) bond motifs is 1. The second-order valence-corrected chi connectivity index (χ2v) is 126. The second kappa shape index (κ2) is 76.7. The molecule has 83 heavy (non-hydrogen) atoms. The predicted octanol–water partition coefficient (Wildman–Crippen LogP) is 2.90. The van der Waals surface area contributed by atoms with E-state index in [4.69, 9.17) is 32.4 Å². The maximum atomic E-state index is 8.88. The lowest BCUT2D eigenvalue weighted by Gasteiger charge is -2.24. The van der Waals surface area contributed by atoms with Crippen LogP contribution in [0.3, 0.4) is 0 Å². The number of ether oxygens (including phenoxy) is 1. The average molecular weight is 2380 g/mol. The minimum absolute atomic E-state index is 0.257. The first-order valence-electron chi connectivity index (χ1n) is 16.3. The third-order valence-electron chi connectivity index (χ3n) is 4.76. The number of rotatable bonds is 0. The van der Waals surface area contributed by atoms with Gasteiger partial charge in [0.2, 0.25) is 0 Å². The fourth-order valence-corrected chi connectivity index (χ4v) is 179. The lowest BCUT2D eigenvalue weighted by Crippen LogP contribution is -2.22. The molecule has 1 aromatic rings. The Hall–Kier alpha value is 13.6. The fourth-order valence-electron chi connectivity index (χ4n) is 3.11. The van der Waals surface area contributed by atoms with Gasteiger partial charge in [-0.15, -0.1) is 0 Å². The number of nitriles is 1. The Morgan fingerprint density at radius 2 is 0.398 bits per heavy atom. The molecular formula is C13H15NOS68. The van der Waals surface area contributed by atoms with Crippen molar-refractivity contribution in [2.24, 2.45) is 0 Å². The Labute approximate surface area is 678 Å². The summed E-state index contributed by atoms with van der Waals surface area (Å²) in [6.07, 6.45) is 0. The molecular weight excluding hydrogens is 2370 g/mol. The zero-order valence-corrected chi connectivity index (χ0v) is 92.9. The second-order valence-electron chi connectivity index (χ2n) is 9.49. The lowest BCUT2D eigenvalue weighted by atomic mass is 9.89. The zero-order chi connectivity index (χ0) is 59.9. The Morgan fingerprint density at radius 3 is 0.542 bits per heavy atom. The quantitative estimate of drug-likeness (QED) is 0.401. The summed E-state index contributed by atoms with van der Waals surface area (Å²) in [4.78, 5) is 0. The molecule has 1 heterocycles. The molecule has 0 unspecified atom stereocenters. The van der Waals surface area contributed by atoms with Gasteiger partial charge in [0.15, 0.2) is 0 Å². The summed E-state index contributed by atoms with van der Waals surface area (Å²) >= 11 is 9.64. The Bertz CT molecular complexity index is 5580. The van der Waals surface area contributed by atoms with E-state index in [1.54, 1.807) is 107 Å². The van der Waals surface area contributed by atoms with Crippen molar-refractivity contribution in [2.45, 2.75) is 38.9 Å². The van der Waals surface area contributed by atoms with Crippen molar-refractivity contribution in [3.05, 3.63) is 34.9 Å². The molecule has 1 aromatic carbocycles. The van der Waals surface area contributed by atoms with Crippen LogP contribution in [0.15, 0.2) is 18.2 Å². The van der Waals surface area contributed by atoms with Crippen LogP contribution in [0.4, 0.5) is 0 Å². The van der Waals surface area contributed by atoms with Gasteiger partial charge in [0.1, 0.15) is 0 Å². The standard InChI is InChI=1S/C13H15NO.S68/c1-12(2)10-6-5-9(8-14)7-11(10)13(3,4)15-12;1-3-5-7-9-11-13-15-17-19-21-23-25-27-29-31-33-35-37-39-41-43-45-47-49-51-53-55-57-59-61-63-65-67-68-66-64-62-60-58-56-54-52-50-48-46-44-42-40-38-36-34-32-30-28-26-24-22-20-18-16-14-12-10-8-6-4-2/h5-7H,1-4H3;. The van der Waals surface area contributed by atoms with Crippen molar-refractivity contribution < 1.29 is 4.74 Å². The molecule has 0 fully saturated rings. The Balaban J connectivity index is 0.00000195. The summed E-state index contributed by atoms with van der Waals surface area (Å²) in [5.41, 5.74) is 2.46. The molecule has 0 N–H and O–H groups in total. The number of hydrogen-bond acceptors (Lipinski definition) is 4. The van der Waals surface area contributed by atoms with Crippen LogP contribution >= 0.6 is 0 Å². The summed E-state index contributed by atoms with van der Waals surface area (Å²) in [5, 5.41) is 8.88. The molecule has 70 heteroatoms. The smallest absolute Gasteiger partial charge is 0.0991 e. The van der Waals surface area contributed by atoms with E-state index in [0.29, 0.717) is 5.56 Å². The van der Waals surface area contributed by atoms with Crippen molar-refractivity contribution in [2.75, 3.05) is 0 Å². The summed E-state index contributed by atoms with van der Waals surface area (Å²) < 4.78 is 6.00. The first kappa shape index (κ1) is 94.6. The predicted molar refractivity (Wildman–Crippen MR) is 559 cm³/mol. The molecule has 2 nitrogen and oxygen atoms in total. The van der Waals surface area contributed by atoms with Gasteiger partial charge in [0.25, 0.3) is 0 Å². The summed E-state index contributed by atoms with van der Waals surface area (Å²) in [6, 6.07) is 7.96. The largest absolute Gasteiger partial charge is 0.360 e. The molecule has 0 saturated carbocycles. The maximum absolute atomic E-state index is 8.88. The summed E-state index contributed by atoms with van der Waals surface area (Å²) in [7, 11) is 119. The third kappa shape index (κ3) is 67.3. The van der Waals surface area contributed by atoms with Crippen molar-refractivity contribution in [3.63, 3.8) is 0 Å². The van der Waals surface area contributed by atoms with Crippen molar-refractivity contribution in [3.8, 4) is 6.07 Å². The molecule has 0 aliphatic carbocycles. The first-order valence-corrected chi connectivity index (χ1v) is 106. The topological polar surface area (TPSA) is 33.0 Å². The van der Waals surface area contributed by atoms with E-state index in [1.807, 2.05) is 494 Å². The van der Waals surface area contributed by atoms with Gasteiger partial charge < -0.3 is 4.74 Å². The van der Waals surface area contributed by atoms with Crippen LogP contribution in [0.5, 0.6) is 0 Å². The van der Waals surface area contributed by atoms with Gasteiger partial charge in [0.05, 0.1) is 22.8 Å². The van der Waals surface area contributed by atoms with Gasteiger partial charge >= 0.3 is 0 Å². The highest BCUT2D eigenvalue weighted by atomic mass is 33.5. The van der Waals surface area contributed by atoms with E-state index in [2.05, 4.69) is 19.9 Å². The summed E-state index contributed by atoms with van der Waals surface area (Å²) in [5.74, 6) is 0. The van der Waals surface area contributed by atoms with Crippen molar-refractivity contribution in [1.29, 1.82) is 5.26 Å². The molecule has 0 amide bonds. The van der Waals surface area contributed by atoms with Crippen LogP contribution in [0, 0.1) is 11.3 Å². The average Bonchev–Trinajstić information content (AvgIpc) is 3.49. The van der Waals surface area contributed by atoms with E-state index in [9.17, 15) is 0 Å². The van der Waals surface area contributed by atoms with Gasteiger partial charge in [0, 0.05) is 608 Å². The fraction of sp³-hybridized carbons (Fsp3) is 0.462. The number of nitrogens with zero attached hydrogens (tertiary/aromatic N) is 1. The molecule has 2 rings (SSSR count). The van der Waals surface area contributed by atoms with Crippen LogP contribution in [0.1, 0.15) is 44.4 Å². The van der Waals surface area contributed by atoms with Gasteiger partial charge in [-0.25, -0.2) is 0 Å². The molecule has 486 valence electrons. The van der Waals surface area contributed by atoms with Crippen LogP contribution in [-0.2, 0) is 624 Å². The van der Waals surface area contributed by atoms with Gasteiger partial charge in [-0.2, -0.15) is 5.26 Å². The SMILES string of the molecule is CC1(C)OC(C)(C)c2cc(C#N)ccc21.S=S=S=S=S=S=S=S=S=S=S=S=S=S=S=S=S=S=S=S=S=S=S=S=S=S=S=S=S=S=S=S=S=S=S=S=S=S=S=S=S=S=S=S=S=S=S=S=S=S=S=S=S=S=S=S=S=S=S=S=S=S=S=S=S=S=S=S. The van der Waals surface area contributed by atoms with Gasteiger partial charge in [-0.3, -0.25) is 0 Å². The van der Waals surface area contributed by atoms with Crippen molar-refractivity contribution >= 4 is 608 Å². The third-order valence-corrected chi connectivity index (χ3v) is 149. The van der Waals surface area contributed by atoms with Crippen LogP contribution in [-0.4, -0.2) is 0 Å². The summed E-state index contributed by atoms with van der Waals surface area (Å²) in [6.45, 7) is 8.21. The van der Waals surface area contributed by atoms with E-state index < -0.39 is 0 Å². The Morgan fingerprint density at radius 1 is 0.253 bits per heavy atom. The monoisotopic (exact) mass is 2380 g/mol. The number of hydrogen-bond donors (Lipinski definition) is 0. The van der Waals surface area contributed by atoms with E-state index in [0.717, 1.165) is 5.56 Å². The molecule has 0 bridgehead atoms. The normalized spacial score (nSPS) is 10.2. The molecule has 0 spiro atoms. The highest BCUT2D eigenvalue weighted by molar-refractivity contribution is 8.84. The molecule has 1 aliphatic heterocycles. The van der Waals surface area contributed by atoms with Gasteiger partial charge in [-0.1, -0.05) is 6.07 Å². The maximum Gasteiger partial charge on any atom is 0.0991 e. The minimum Gasteiger partial charge on any atom is -0.360 e. The lowest BCUT2D eigenvalue weighted by molar-refractivity contribution is -0.105. The van der Waals surface area contributed by atoms with Crippen LogP contribution in [0.2, 0.25) is 0 Å². The minimum atomic E-state index is -0.300. The van der Waals surface area contributed by atoms with Crippen LogP contribution < -0.4 is 0 Å². The molecule has 0 radical (unpaired) electrons. The first-order chi connectivity index (χ1) is 40.8. The van der Waals surface area contributed by atoms with Crippen molar-refractivity contribution in [1.82, 2.24) is 0 Å². The highest BCUT2D eigenvalue weighted by Crippen LogP contribution is 2.46. The highest BCUT2D eigenvalue weighted by Gasteiger charge is 2.42. The van der Waals surface area contributed by atoms with E-state index in [-0.39, 0.29) is 11.2 Å². The molecule has 0 saturated heterocycles. The number of benzene rings is 1. The zero-order valence-electron chi connectivity index (χ0n) is 37.3. The van der Waals surface area contributed by atoms with Crippen LogP contribution in [0.25, 0.3) is 0 Å². The van der Waals surface area contributed by atoms with Gasteiger partial charge in [-0.05, 0) is 51.0 Å².